The van der Waals surface area contributed by atoms with Crippen LogP contribution in [-0.2, 0) is 6.42 Å². The van der Waals surface area contributed by atoms with Gasteiger partial charge in [-0.05, 0) is 25.2 Å². The van der Waals surface area contributed by atoms with Crippen molar-refractivity contribution in [2.24, 2.45) is 0 Å². The number of hydrogen-bond acceptors (Lipinski definition) is 3. The van der Waals surface area contributed by atoms with E-state index >= 15 is 0 Å². The van der Waals surface area contributed by atoms with Gasteiger partial charge in [0.1, 0.15) is 6.20 Å². The van der Waals surface area contributed by atoms with Crippen molar-refractivity contribution in [1.82, 2.24) is 4.98 Å². The molecule has 0 saturated heterocycles. The number of nitrogens with zero attached hydrogens (tertiary/aromatic N) is 1. The molecule has 0 radical (unpaired) electrons. The molecule has 0 spiro atoms. The summed E-state index contributed by atoms with van der Waals surface area (Å²) in [4.78, 5) is 4.23. The van der Waals surface area contributed by atoms with Crippen LogP contribution in [0.1, 0.15) is 11.5 Å². The molecule has 0 fully saturated rings. The highest BCUT2D eigenvalue weighted by atomic mass is 28.4. The smallest absolute Gasteiger partial charge is 0.291 e. The molecule has 0 bridgehead atoms. The Kier molecular flexibility index (Phi) is 3.33. The van der Waals surface area contributed by atoms with E-state index in [4.69, 9.17) is 8.84 Å². The highest BCUT2D eigenvalue weighted by Crippen LogP contribution is 2.19. The minimum Gasteiger partial charge on any atom is -0.518 e. The van der Waals surface area contributed by atoms with Gasteiger partial charge in [0.2, 0.25) is 14.2 Å². The van der Waals surface area contributed by atoms with E-state index in [1.165, 1.54) is 5.56 Å². The Hall–Kier alpha value is -1.55. The molecule has 90 valence electrons. The summed E-state index contributed by atoms with van der Waals surface area (Å²) in [6, 6.07) is 10.1. The maximum Gasteiger partial charge on any atom is 0.291 e. The first-order valence-corrected chi connectivity index (χ1v) is 9.11. The average molecular weight is 247 g/mol. The maximum atomic E-state index is 5.73. The van der Waals surface area contributed by atoms with Crippen LogP contribution in [0.2, 0.25) is 19.6 Å². The number of rotatable bonds is 4. The predicted octanol–water partition coefficient (Wildman–Crippen LogP) is 3.48. The van der Waals surface area contributed by atoms with Gasteiger partial charge in [0.15, 0.2) is 0 Å². The minimum absolute atomic E-state index is 0.537. The molecule has 2 rings (SSSR count). The molecule has 2 aromatic rings. The minimum atomic E-state index is -1.61. The van der Waals surface area contributed by atoms with Crippen LogP contribution in [0.4, 0.5) is 0 Å². The third-order valence-corrected chi connectivity index (χ3v) is 2.95. The molecular formula is C13H17NO2Si. The molecule has 0 aliphatic carbocycles. The van der Waals surface area contributed by atoms with Gasteiger partial charge in [-0.3, -0.25) is 0 Å². The third-order valence-electron chi connectivity index (χ3n) is 2.14. The van der Waals surface area contributed by atoms with Gasteiger partial charge >= 0.3 is 0 Å². The molecular weight excluding hydrogens is 230 g/mol. The Morgan fingerprint density at radius 3 is 2.53 bits per heavy atom. The lowest BCUT2D eigenvalue weighted by molar-refractivity contribution is 0.367. The van der Waals surface area contributed by atoms with Crippen LogP contribution in [0.3, 0.4) is 0 Å². The standard InChI is InChI=1S/C13H17NO2Si/c1-17(2,3)16-13-10-14-12(15-13)9-11-7-5-4-6-8-11/h4-8,10H,9H2,1-3H3. The van der Waals surface area contributed by atoms with Crippen LogP contribution in [0.15, 0.2) is 40.9 Å². The quantitative estimate of drug-likeness (QED) is 0.776. The molecule has 17 heavy (non-hydrogen) atoms. The fourth-order valence-corrected chi connectivity index (χ4v) is 2.19. The largest absolute Gasteiger partial charge is 0.518 e. The number of oxazole rings is 1. The Balaban J connectivity index is 2.04. The Morgan fingerprint density at radius 2 is 1.88 bits per heavy atom. The third kappa shape index (κ3) is 3.74. The lowest BCUT2D eigenvalue weighted by Crippen LogP contribution is -2.28. The first kappa shape index (κ1) is 11.9. The zero-order chi connectivity index (χ0) is 12.3. The molecule has 0 aliphatic heterocycles. The van der Waals surface area contributed by atoms with E-state index in [2.05, 4.69) is 36.8 Å². The fraction of sp³-hybridized carbons (Fsp3) is 0.308. The van der Waals surface area contributed by atoms with Crippen LogP contribution in [0, 0.1) is 0 Å². The zero-order valence-electron chi connectivity index (χ0n) is 10.4. The van der Waals surface area contributed by atoms with Gasteiger partial charge in [0.05, 0.1) is 0 Å². The lowest BCUT2D eigenvalue weighted by atomic mass is 10.2. The van der Waals surface area contributed by atoms with Crippen molar-refractivity contribution < 1.29 is 8.84 Å². The Bertz CT molecular complexity index is 474. The second kappa shape index (κ2) is 4.75. The van der Waals surface area contributed by atoms with Crippen molar-refractivity contribution in [3.05, 3.63) is 48.0 Å². The molecule has 0 atom stereocenters. The van der Waals surface area contributed by atoms with Gasteiger partial charge in [-0.15, -0.1) is 0 Å². The van der Waals surface area contributed by atoms with Gasteiger partial charge in [-0.1, -0.05) is 30.3 Å². The SMILES string of the molecule is C[Si](C)(C)Oc1cnc(Cc2ccccc2)o1. The zero-order valence-corrected chi connectivity index (χ0v) is 11.4. The van der Waals surface area contributed by atoms with Crippen LogP contribution < -0.4 is 4.43 Å². The van der Waals surface area contributed by atoms with Crippen LogP contribution in [-0.4, -0.2) is 13.3 Å². The molecule has 0 aliphatic rings. The van der Waals surface area contributed by atoms with Crippen molar-refractivity contribution in [3.8, 4) is 5.95 Å². The van der Waals surface area contributed by atoms with E-state index in [1.54, 1.807) is 6.20 Å². The molecule has 4 heteroatoms. The summed E-state index contributed by atoms with van der Waals surface area (Å²) in [6.07, 6.45) is 2.37. The molecule has 1 heterocycles. The predicted molar refractivity (Wildman–Crippen MR) is 69.7 cm³/mol. The van der Waals surface area contributed by atoms with Crippen LogP contribution in [0.5, 0.6) is 5.95 Å². The summed E-state index contributed by atoms with van der Waals surface area (Å²) in [6.45, 7) is 6.35. The van der Waals surface area contributed by atoms with Crippen molar-refractivity contribution in [2.45, 2.75) is 26.1 Å². The molecule has 0 saturated carbocycles. The summed E-state index contributed by atoms with van der Waals surface area (Å²) in [7, 11) is -1.61. The van der Waals surface area contributed by atoms with E-state index in [1.807, 2.05) is 18.2 Å². The van der Waals surface area contributed by atoms with Gasteiger partial charge in [0, 0.05) is 6.42 Å². The van der Waals surface area contributed by atoms with E-state index in [0.29, 0.717) is 18.3 Å². The molecule has 3 nitrogen and oxygen atoms in total. The number of aromatic nitrogens is 1. The van der Waals surface area contributed by atoms with Crippen molar-refractivity contribution >= 4 is 8.32 Å². The van der Waals surface area contributed by atoms with Crippen molar-refractivity contribution in [2.75, 3.05) is 0 Å². The number of hydrogen-bond donors (Lipinski definition) is 0. The fourth-order valence-electron chi connectivity index (χ4n) is 1.49. The van der Waals surface area contributed by atoms with Crippen molar-refractivity contribution in [1.29, 1.82) is 0 Å². The summed E-state index contributed by atoms with van der Waals surface area (Å²) < 4.78 is 11.3. The summed E-state index contributed by atoms with van der Waals surface area (Å²) >= 11 is 0. The van der Waals surface area contributed by atoms with Gasteiger partial charge < -0.3 is 8.84 Å². The van der Waals surface area contributed by atoms with Gasteiger partial charge in [-0.2, -0.15) is 0 Å². The average Bonchev–Trinajstić information content (AvgIpc) is 2.64. The van der Waals surface area contributed by atoms with Crippen LogP contribution in [0.25, 0.3) is 0 Å². The highest BCUT2D eigenvalue weighted by molar-refractivity contribution is 6.70. The molecule has 1 aromatic carbocycles. The van der Waals surface area contributed by atoms with Gasteiger partial charge in [-0.25, -0.2) is 4.98 Å². The maximum absolute atomic E-state index is 5.73. The monoisotopic (exact) mass is 247 g/mol. The lowest BCUT2D eigenvalue weighted by Gasteiger charge is -2.15. The number of benzene rings is 1. The highest BCUT2D eigenvalue weighted by Gasteiger charge is 2.18. The normalized spacial score (nSPS) is 11.5. The summed E-state index contributed by atoms with van der Waals surface area (Å²) in [5.41, 5.74) is 1.19. The molecule has 0 amide bonds. The van der Waals surface area contributed by atoms with Crippen molar-refractivity contribution in [3.63, 3.8) is 0 Å². The Labute approximate surface area is 103 Å². The van der Waals surface area contributed by atoms with E-state index in [0.717, 1.165) is 0 Å². The first-order chi connectivity index (χ1) is 8.03. The summed E-state index contributed by atoms with van der Waals surface area (Å²) in [5.74, 6) is 1.24. The molecule has 0 unspecified atom stereocenters. The molecule has 1 aromatic heterocycles. The van der Waals surface area contributed by atoms with Crippen LogP contribution >= 0.6 is 0 Å². The van der Waals surface area contributed by atoms with Gasteiger partial charge in [0.25, 0.3) is 5.95 Å². The first-order valence-electron chi connectivity index (χ1n) is 5.70. The Morgan fingerprint density at radius 1 is 1.18 bits per heavy atom. The topological polar surface area (TPSA) is 35.3 Å². The van der Waals surface area contributed by atoms with E-state index in [9.17, 15) is 0 Å². The molecule has 0 N–H and O–H groups in total. The van der Waals surface area contributed by atoms with E-state index < -0.39 is 8.32 Å². The second-order valence-electron chi connectivity index (χ2n) is 4.95. The second-order valence-corrected chi connectivity index (χ2v) is 9.38. The summed E-state index contributed by atoms with van der Waals surface area (Å²) in [5, 5.41) is 0. The van der Waals surface area contributed by atoms with E-state index in [-0.39, 0.29) is 0 Å².